The zero-order valence-electron chi connectivity index (χ0n) is 22.5. The minimum Gasteiger partial charge on any atom is -0.508 e. The van der Waals surface area contributed by atoms with Crippen LogP contribution in [0.1, 0.15) is 48.4 Å². The molecule has 3 amide bonds. The van der Waals surface area contributed by atoms with Gasteiger partial charge in [0, 0.05) is 30.2 Å². The number of likely N-dealkylation sites (tertiary alicyclic amines) is 2. The first-order valence-corrected chi connectivity index (χ1v) is 14.2. The number of hydrogen-bond donors (Lipinski definition) is 2. The molecule has 2 fully saturated rings. The van der Waals surface area contributed by atoms with Gasteiger partial charge in [0.15, 0.2) is 0 Å². The van der Waals surface area contributed by atoms with Crippen molar-refractivity contribution in [2.45, 2.75) is 44.2 Å². The molecule has 2 N–H and O–H groups in total. The van der Waals surface area contributed by atoms with Gasteiger partial charge >= 0.3 is 0 Å². The summed E-state index contributed by atoms with van der Waals surface area (Å²) in [7, 11) is 0. The lowest BCUT2D eigenvalue weighted by atomic mass is 9.91. The Bertz CT molecular complexity index is 1360. The van der Waals surface area contributed by atoms with E-state index >= 15 is 0 Å². The van der Waals surface area contributed by atoms with Crippen LogP contribution in [0.2, 0.25) is 5.02 Å². The fraction of sp³-hybridized carbons (Fsp3) is 0.344. The second-order valence-corrected chi connectivity index (χ2v) is 11.1. The average molecular weight is 560 g/mol. The number of aromatic hydroxyl groups is 1. The summed E-state index contributed by atoms with van der Waals surface area (Å²) in [6.07, 6.45) is 1.91. The van der Waals surface area contributed by atoms with Gasteiger partial charge in [-0.2, -0.15) is 0 Å². The van der Waals surface area contributed by atoms with Gasteiger partial charge in [-0.15, -0.1) is 0 Å². The van der Waals surface area contributed by atoms with Gasteiger partial charge in [-0.1, -0.05) is 72.3 Å². The molecule has 2 heterocycles. The van der Waals surface area contributed by atoms with Crippen molar-refractivity contribution in [3.8, 4) is 5.75 Å². The topological polar surface area (TPSA) is 90.0 Å². The van der Waals surface area contributed by atoms with Crippen LogP contribution in [0.5, 0.6) is 5.75 Å². The van der Waals surface area contributed by atoms with Crippen LogP contribution in [0.3, 0.4) is 0 Å². The predicted molar refractivity (Wildman–Crippen MR) is 154 cm³/mol. The number of phenols is 1. The van der Waals surface area contributed by atoms with Gasteiger partial charge in [0.05, 0.1) is 18.4 Å². The molecule has 0 saturated carbocycles. The van der Waals surface area contributed by atoms with Crippen molar-refractivity contribution in [3.63, 3.8) is 0 Å². The van der Waals surface area contributed by atoms with Crippen molar-refractivity contribution in [3.05, 3.63) is 101 Å². The molecule has 8 heteroatoms. The normalized spacial score (nSPS) is 19.9. The summed E-state index contributed by atoms with van der Waals surface area (Å²) in [6.45, 7) is 3.47. The van der Waals surface area contributed by atoms with Crippen molar-refractivity contribution in [2.75, 3.05) is 19.6 Å². The molecule has 0 bridgehead atoms. The highest BCUT2D eigenvalue weighted by Gasteiger charge is 2.45. The SMILES string of the molecule is CC(C(=O)N1C[C@H]2CCCN(C(=O)[C@H](NC(=O)Cc3ccccc3)c3ccccc3Cl)[C@H]2C1)c1ccc(O)cc1. The Morgan fingerprint density at radius 1 is 0.950 bits per heavy atom. The maximum Gasteiger partial charge on any atom is 0.250 e. The van der Waals surface area contributed by atoms with E-state index in [4.69, 9.17) is 11.6 Å². The molecule has 5 rings (SSSR count). The number of benzene rings is 3. The summed E-state index contributed by atoms with van der Waals surface area (Å²) >= 11 is 6.53. The molecule has 3 aromatic rings. The molecule has 3 aromatic carbocycles. The van der Waals surface area contributed by atoms with Crippen LogP contribution < -0.4 is 5.32 Å². The second kappa shape index (κ2) is 12.1. The number of carbonyl (C=O) groups is 3. The Hall–Kier alpha value is -3.84. The van der Waals surface area contributed by atoms with E-state index in [2.05, 4.69) is 5.32 Å². The van der Waals surface area contributed by atoms with Crippen LogP contribution in [0, 0.1) is 5.92 Å². The smallest absolute Gasteiger partial charge is 0.250 e. The Balaban J connectivity index is 1.34. The molecule has 0 aliphatic carbocycles. The predicted octanol–water partition coefficient (Wildman–Crippen LogP) is 4.70. The van der Waals surface area contributed by atoms with Crippen LogP contribution >= 0.6 is 11.6 Å². The number of halogens is 1. The van der Waals surface area contributed by atoms with E-state index in [1.54, 1.807) is 42.5 Å². The highest BCUT2D eigenvalue weighted by molar-refractivity contribution is 6.31. The van der Waals surface area contributed by atoms with Gasteiger partial charge in [0.1, 0.15) is 11.8 Å². The minimum absolute atomic E-state index is 0.00584. The molecule has 2 aliphatic heterocycles. The molecular weight excluding hydrogens is 526 g/mol. The zero-order chi connectivity index (χ0) is 28.2. The number of rotatable bonds is 7. The van der Waals surface area contributed by atoms with Crippen LogP contribution in [0.4, 0.5) is 0 Å². The van der Waals surface area contributed by atoms with E-state index in [-0.39, 0.29) is 47.8 Å². The van der Waals surface area contributed by atoms with Crippen molar-refractivity contribution in [2.24, 2.45) is 5.92 Å². The van der Waals surface area contributed by atoms with Gasteiger partial charge in [-0.25, -0.2) is 0 Å². The Labute approximate surface area is 239 Å². The van der Waals surface area contributed by atoms with E-state index in [0.29, 0.717) is 30.2 Å². The molecule has 4 atom stereocenters. The Morgan fingerprint density at radius 3 is 2.38 bits per heavy atom. The van der Waals surface area contributed by atoms with E-state index in [9.17, 15) is 19.5 Å². The highest BCUT2D eigenvalue weighted by Crippen LogP contribution is 2.35. The number of amides is 3. The lowest BCUT2D eigenvalue weighted by molar-refractivity contribution is -0.140. The van der Waals surface area contributed by atoms with Gasteiger partial charge < -0.3 is 20.2 Å². The molecule has 2 saturated heterocycles. The van der Waals surface area contributed by atoms with Crippen molar-refractivity contribution in [1.82, 2.24) is 15.1 Å². The van der Waals surface area contributed by atoms with Crippen molar-refractivity contribution in [1.29, 1.82) is 0 Å². The summed E-state index contributed by atoms with van der Waals surface area (Å²) in [5, 5.41) is 13.0. The largest absolute Gasteiger partial charge is 0.508 e. The summed E-state index contributed by atoms with van der Waals surface area (Å²) < 4.78 is 0. The number of hydrogen-bond acceptors (Lipinski definition) is 4. The summed E-state index contributed by atoms with van der Waals surface area (Å²) in [4.78, 5) is 44.4. The number of nitrogens with zero attached hydrogens (tertiary/aromatic N) is 2. The summed E-state index contributed by atoms with van der Waals surface area (Å²) in [5.74, 6) is -0.493. The summed E-state index contributed by atoms with van der Waals surface area (Å²) in [6, 6.07) is 22.2. The Morgan fingerprint density at radius 2 is 1.65 bits per heavy atom. The van der Waals surface area contributed by atoms with E-state index in [1.807, 2.05) is 53.1 Å². The fourth-order valence-electron chi connectivity index (χ4n) is 5.95. The van der Waals surface area contributed by atoms with Crippen molar-refractivity contribution >= 4 is 29.3 Å². The maximum atomic E-state index is 14.2. The molecule has 0 aromatic heterocycles. The first-order chi connectivity index (χ1) is 19.3. The van der Waals surface area contributed by atoms with Crippen LogP contribution in [0.15, 0.2) is 78.9 Å². The minimum atomic E-state index is -0.927. The number of piperidine rings is 1. The maximum absolute atomic E-state index is 14.2. The number of carbonyl (C=O) groups excluding carboxylic acids is 3. The van der Waals surface area contributed by atoms with Gasteiger partial charge in [0.25, 0.3) is 0 Å². The fourth-order valence-corrected chi connectivity index (χ4v) is 6.20. The summed E-state index contributed by atoms with van der Waals surface area (Å²) in [5.41, 5.74) is 2.26. The van der Waals surface area contributed by atoms with E-state index in [1.165, 1.54) is 0 Å². The second-order valence-electron chi connectivity index (χ2n) is 10.7. The quantitative estimate of drug-likeness (QED) is 0.439. The van der Waals surface area contributed by atoms with Gasteiger partial charge in [0.2, 0.25) is 17.7 Å². The number of nitrogens with one attached hydrogen (secondary N) is 1. The number of fused-ring (bicyclic) bond motifs is 1. The molecule has 7 nitrogen and oxygen atoms in total. The molecule has 2 aliphatic rings. The number of phenolic OH excluding ortho intramolecular Hbond substituents is 1. The molecule has 0 radical (unpaired) electrons. The molecule has 208 valence electrons. The van der Waals surface area contributed by atoms with Crippen molar-refractivity contribution < 1.29 is 19.5 Å². The molecular formula is C32H34ClN3O4. The first-order valence-electron chi connectivity index (χ1n) is 13.8. The third kappa shape index (κ3) is 5.99. The average Bonchev–Trinajstić information content (AvgIpc) is 3.41. The van der Waals surface area contributed by atoms with Crippen LogP contribution in [0.25, 0.3) is 0 Å². The monoisotopic (exact) mass is 559 g/mol. The standard InChI is InChI=1S/C32H34ClN3O4/c1-21(23-13-15-25(37)16-14-23)31(39)35-19-24-10-7-17-36(28(24)20-35)32(40)30(26-11-5-6-12-27(26)33)34-29(38)18-22-8-3-2-4-9-22/h2-6,8-9,11-16,21,24,28,30,37H,7,10,17-20H2,1H3,(H,34,38)/t21?,24-,28+,30-/m1/s1. The third-order valence-electron chi connectivity index (χ3n) is 8.12. The first kappa shape index (κ1) is 27.7. The highest BCUT2D eigenvalue weighted by atomic mass is 35.5. The molecule has 0 spiro atoms. The van der Waals surface area contributed by atoms with E-state index in [0.717, 1.165) is 24.0 Å². The lowest BCUT2D eigenvalue weighted by Gasteiger charge is -2.39. The third-order valence-corrected chi connectivity index (χ3v) is 8.46. The zero-order valence-corrected chi connectivity index (χ0v) is 23.3. The van der Waals surface area contributed by atoms with Crippen LogP contribution in [-0.4, -0.2) is 58.3 Å². The molecule has 40 heavy (non-hydrogen) atoms. The molecule has 1 unspecified atom stereocenters. The Kier molecular flexibility index (Phi) is 8.40. The lowest BCUT2D eigenvalue weighted by Crippen LogP contribution is -2.53. The van der Waals surface area contributed by atoms with Gasteiger partial charge in [-0.3, -0.25) is 14.4 Å². The van der Waals surface area contributed by atoms with E-state index < -0.39 is 6.04 Å². The van der Waals surface area contributed by atoms with Crippen LogP contribution in [-0.2, 0) is 20.8 Å². The van der Waals surface area contributed by atoms with Gasteiger partial charge in [-0.05, 0) is 55.0 Å².